The number of phosphoric acid groups is 2. The molecule has 0 aromatic heterocycles. The fourth-order valence-corrected chi connectivity index (χ4v) is 13.3. The van der Waals surface area contributed by atoms with Crippen LogP contribution in [0, 0.1) is 0 Å². The van der Waals surface area contributed by atoms with Crippen molar-refractivity contribution in [2.75, 3.05) is 39.6 Å². The molecule has 0 aliphatic carbocycles. The van der Waals surface area contributed by atoms with Gasteiger partial charge in [-0.15, -0.1) is 0 Å². The fourth-order valence-electron chi connectivity index (χ4n) is 11.8. The molecular weight excluding hydrogens is 1250 g/mol. The summed E-state index contributed by atoms with van der Waals surface area (Å²) in [5.74, 6) is -2.12. The van der Waals surface area contributed by atoms with E-state index in [1.165, 1.54) is 231 Å². The number of aliphatic hydroxyl groups is 1. The maximum absolute atomic E-state index is 13.1. The van der Waals surface area contributed by atoms with Crippen LogP contribution >= 0.6 is 15.6 Å². The summed E-state index contributed by atoms with van der Waals surface area (Å²) in [6.07, 6.45) is 61.5. The molecule has 0 saturated carbocycles. The van der Waals surface area contributed by atoms with E-state index in [4.69, 9.17) is 37.0 Å². The van der Waals surface area contributed by atoms with Gasteiger partial charge in [-0.05, 0) is 25.7 Å². The summed E-state index contributed by atoms with van der Waals surface area (Å²) in [6.45, 7) is 4.91. The molecule has 0 aliphatic rings. The Kier molecular flexibility index (Phi) is 69.1. The van der Waals surface area contributed by atoms with Crippen molar-refractivity contribution >= 4 is 39.5 Å². The largest absolute Gasteiger partial charge is 0.472 e. The van der Waals surface area contributed by atoms with Crippen LogP contribution in [0.3, 0.4) is 0 Å². The highest BCUT2D eigenvalue weighted by Crippen LogP contribution is 2.45. The zero-order valence-corrected chi connectivity index (χ0v) is 63.4. The molecule has 0 fully saturated rings. The lowest BCUT2D eigenvalue weighted by Crippen LogP contribution is -2.30. The standard InChI is InChI=1S/C76H148O17P2/c1-5-9-13-17-20-23-26-29-32-33-34-35-36-39-42-45-48-51-55-59-63-76(81)93-72(67-87-74(79)61-57-53-49-46-43-40-37-30-27-24-21-18-14-10-6-2)69-91-95(84,85)89-65-70(77)64-88-94(82,83)90-68-71(66-86-73(78)60-56-52-16-12-8-4)92-75(80)62-58-54-50-47-44-41-38-31-28-25-22-19-15-11-7-3/h70-72,77H,5-69H2,1-4H3,(H,82,83)(H,84,85)/t70-,71+,72+/m0/s1. The Morgan fingerprint density at radius 3 is 0.621 bits per heavy atom. The van der Waals surface area contributed by atoms with E-state index in [1.807, 2.05) is 0 Å². The van der Waals surface area contributed by atoms with Gasteiger partial charge in [-0.2, -0.15) is 0 Å². The third-order valence-electron chi connectivity index (χ3n) is 17.9. The van der Waals surface area contributed by atoms with Gasteiger partial charge in [0, 0.05) is 25.7 Å². The third-order valence-corrected chi connectivity index (χ3v) is 19.8. The Hall–Kier alpha value is -1.94. The third kappa shape index (κ3) is 70.3. The predicted octanol–water partition coefficient (Wildman–Crippen LogP) is 22.6. The molecule has 5 atom stereocenters. The quantitative estimate of drug-likeness (QED) is 0.0222. The molecule has 17 nitrogen and oxygen atoms in total. The zero-order valence-electron chi connectivity index (χ0n) is 61.6. The Labute approximate surface area is 581 Å². The van der Waals surface area contributed by atoms with Crippen LogP contribution in [0.15, 0.2) is 0 Å². The second-order valence-corrected chi connectivity index (χ2v) is 30.3. The highest BCUT2D eigenvalue weighted by Gasteiger charge is 2.30. The van der Waals surface area contributed by atoms with Crippen LogP contribution in [0.1, 0.15) is 407 Å². The molecule has 2 unspecified atom stereocenters. The molecule has 0 bridgehead atoms. The highest BCUT2D eigenvalue weighted by atomic mass is 31.2. The topological polar surface area (TPSA) is 237 Å². The molecule has 564 valence electrons. The van der Waals surface area contributed by atoms with Gasteiger partial charge in [0.2, 0.25) is 0 Å². The van der Waals surface area contributed by atoms with Crippen LogP contribution in [-0.2, 0) is 65.4 Å². The van der Waals surface area contributed by atoms with E-state index in [2.05, 4.69) is 27.7 Å². The van der Waals surface area contributed by atoms with Gasteiger partial charge in [-0.25, -0.2) is 9.13 Å². The van der Waals surface area contributed by atoms with Crippen molar-refractivity contribution in [3.8, 4) is 0 Å². The summed E-state index contributed by atoms with van der Waals surface area (Å²) in [7, 11) is -9.90. The van der Waals surface area contributed by atoms with E-state index < -0.39 is 97.5 Å². The second kappa shape index (κ2) is 70.5. The molecule has 0 aromatic rings. The summed E-state index contributed by atoms with van der Waals surface area (Å²) >= 11 is 0. The van der Waals surface area contributed by atoms with Gasteiger partial charge in [-0.1, -0.05) is 355 Å². The average molecular weight is 1400 g/mol. The Morgan fingerprint density at radius 2 is 0.421 bits per heavy atom. The van der Waals surface area contributed by atoms with Crippen molar-refractivity contribution < 1.29 is 80.2 Å². The lowest BCUT2D eigenvalue weighted by atomic mass is 10.0. The molecule has 0 aromatic carbocycles. The van der Waals surface area contributed by atoms with E-state index >= 15 is 0 Å². The van der Waals surface area contributed by atoms with Crippen molar-refractivity contribution in [3.63, 3.8) is 0 Å². The van der Waals surface area contributed by atoms with Crippen molar-refractivity contribution in [1.29, 1.82) is 0 Å². The van der Waals surface area contributed by atoms with Gasteiger partial charge < -0.3 is 33.8 Å². The minimum Gasteiger partial charge on any atom is -0.462 e. The number of esters is 4. The summed E-state index contributed by atoms with van der Waals surface area (Å²) in [5, 5.41) is 10.6. The van der Waals surface area contributed by atoms with Gasteiger partial charge in [0.1, 0.15) is 19.3 Å². The SMILES string of the molecule is CCCCCCCCCCCCCCCCCCCCCCC(=O)O[C@H](COC(=O)CCCCCCCCCCCCCCCCC)COP(=O)(O)OC[C@@H](O)COP(=O)(O)OC[C@@H](COC(=O)CCCCCCC)OC(=O)CCCCCCCCCCCCCCCCC. The highest BCUT2D eigenvalue weighted by molar-refractivity contribution is 7.47. The van der Waals surface area contributed by atoms with Crippen LogP contribution in [0.2, 0.25) is 0 Å². The van der Waals surface area contributed by atoms with Gasteiger partial charge in [0.25, 0.3) is 0 Å². The number of hydrogen-bond acceptors (Lipinski definition) is 15. The molecule has 0 saturated heterocycles. The van der Waals surface area contributed by atoms with E-state index in [-0.39, 0.29) is 25.7 Å². The molecule has 3 N–H and O–H groups in total. The number of aliphatic hydroxyl groups excluding tert-OH is 1. The maximum atomic E-state index is 13.1. The Morgan fingerprint density at radius 1 is 0.253 bits per heavy atom. The van der Waals surface area contributed by atoms with Crippen LogP contribution in [0.4, 0.5) is 0 Å². The summed E-state index contributed by atoms with van der Waals surface area (Å²) in [4.78, 5) is 72.5. The van der Waals surface area contributed by atoms with Gasteiger partial charge in [0.15, 0.2) is 12.2 Å². The smallest absolute Gasteiger partial charge is 0.462 e. The molecule has 0 heterocycles. The molecule has 95 heavy (non-hydrogen) atoms. The number of hydrogen-bond donors (Lipinski definition) is 3. The summed E-state index contributed by atoms with van der Waals surface area (Å²) in [5.41, 5.74) is 0. The van der Waals surface area contributed by atoms with Crippen LogP contribution in [-0.4, -0.2) is 96.7 Å². The number of unbranched alkanes of at least 4 members (excludes halogenated alkanes) is 51. The normalized spacial score (nSPS) is 13.9. The van der Waals surface area contributed by atoms with Crippen molar-refractivity contribution in [1.82, 2.24) is 0 Å². The van der Waals surface area contributed by atoms with Gasteiger partial charge in [-0.3, -0.25) is 37.3 Å². The maximum Gasteiger partial charge on any atom is 0.472 e. The Bertz CT molecular complexity index is 1810. The van der Waals surface area contributed by atoms with Gasteiger partial charge in [0.05, 0.1) is 26.4 Å². The number of carbonyl (C=O) groups is 4. The number of rotatable bonds is 77. The Balaban J connectivity index is 5.12. The first-order chi connectivity index (χ1) is 46.2. The van der Waals surface area contributed by atoms with Crippen molar-refractivity contribution in [2.24, 2.45) is 0 Å². The average Bonchev–Trinajstić information content (AvgIpc) is 3.22. The van der Waals surface area contributed by atoms with E-state index in [0.717, 1.165) is 96.3 Å². The molecule has 19 heteroatoms. The lowest BCUT2D eigenvalue weighted by molar-refractivity contribution is -0.161. The van der Waals surface area contributed by atoms with Crippen LogP contribution in [0.25, 0.3) is 0 Å². The first kappa shape index (κ1) is 93.1. The van der Waals surface area contributed by atoms with Gasteiger partial charge >= 0.3 is 39.5 Å². The summed E-state index contributed by atoms with van der Waals surface area (Å²) in [6, 6.07) is 0. The number of ether oxygens (including phenoxy) is 4. The first-order valence-electron chi connectivity index (χ1n) is 39.8. The zero-order chi connectivity index (χ0) is 69.7. The molecule has 0 aliphatic heterocycles. The minimum absolute atomic E-state index is 0.108. The van der Waals surface area contributed by atoms with Crippen molar-refractivity contribution in [3.05, 3.63) is 0 Å². The molecular formula is C76H148O17P2. The monoisotopic (exact) mass is 1400 g/mol. The van der Waals surface area contributed by atoms with E-state index in [0.29, 0.717) is 25.7 Å². The first-order valence-corrected chi connectivity index (χ1v) is 42.8. The number of phosphoric ester groups is 2. The fraction of sp³-hybridized carbons (Fsp3) is 0.947. The lowest BCUT2D eigenvalue weighted by Gasteiger charge is -2.21. The molecule has 0 spiro atoms. The second-order valence-electron chi connectivity index (χ2n) is 27.4. The summed E-state index contributed by atoms with van der Waals surface area (Å²) < 4.78 is 68.3. The van der Waals surface area contributed by atoms with Crippen molar-refractivity contribution in [2.45, 2.75) is 425 Å². The van der Waals surface area contributed by atoms with Crippen LogP contribution in [0.5, 0.6) is 0 Å². The van der Waals surface area contributed by atoms with Crippen LogP contribution < -0.4 is 0 Å². The molecule has 0 radical (unpaired) electrons. The van der Waals surface area contributed by atoms with E-state index in [1.54, 1.807) is 0 Å². The molecule has 0 amide bonds. The predicted molar refractivity (Wildman–Crippen MR) is 386 cm³/mol. The molecule has 0 rings (SSSR count). The van der Waals surface area contributed by atoms with E-state index in [9.17, 15) is 43.2 Å². The minimum atomic E-state index is -4.95. The number of carbonyl (C=O) groups excluding carboxylic acids is 4.